The van der Waals surface area contributed by atoms with Crippen molar-refractivity contribution in [2.75, 3.05) is 17.1 Å². The standard InChI is InChI=1S/C29H39Cl2N3O4S/c1-4-26(29(36)32-23-12-6-5-7-13-23)33(20-22-16-17-24(30)25(31)19-22)28(35)15-10-18-34(39(3,37)38)27-14-9-8-11-21(27)2/h8-9,11,14,16-17,19,23,26H,4-7,10,12-13,15,18,20H2,1-3H3,(H,32,36). The second kappa shape index (κ2) is 14.4. The van der Waals surface area contributed by atoms with Gasteiger partial charge >= 0.3 is 0 Å². The van der Waals surface area contributed by atoms with Crippen molar-refractivity contribution in [1.29, 1.82) is 0 Å². The number of halogens is 2. The van der Waals surface area contributed by atoms with Crippen molar-refractivity contribution in [2.24, 2.45) is 0 Å². The highest BCUT2D eigenvalue weighted by atomic mass is 35.5. The first-order valence-electron chi connectivity index (χ1n) is 13.6. The molecular weight excluding hydrogens is 557 g/mol. The minimum Gasteiger partial charge on any atom is -0.352 e. The van der Waals surface area contributed by atoms with Gasteiger partial charge < -0.3 is 10.2 Å². The number of hydrogen-bond acceptors (Lipinski definition) is 4. The molecule has 214 valence electrons. The molecule has 1 fully saturated rings. The quantitative estimate of drug-likeness (QED) is 0.321. The molecule has 1 atom stereocenters. The Bertz CT molecular complexity index is 1250. The number of benzene rings is 2. The van der Waals surface area contributed by atoms with E-state index in [4.69, 9.17) is 23.2 Å². The van der Waals surface area contributed by atoms with Crippen LogP contribution in [0.2, 0.25) is 10.0 Å². The van der Waals surface area contributed by atoms with Crippen LogP contribution in [0.4, 0.5) is 5.69 Å². The van der Waals surface area contributed by atoms with Crippen molar-refractivity contribution in [2.45, 2.75) is 83.8 Å². The lowest BCUT2D eigenvalue weighted by molar-refractivity contribution is -0.141. The Morgan fingerprint density at radius 2 is 1.74 bits per heavy atom. The van der Waals surface area contributed by atoms with Gasteiger partial charge in [0.25, 0.3) is 0 Å². The van der Waals surface area contributed by atoms with E-state index in [1.54, 1.807) is 35.2 Å². The summed E-state index contributed by atoms with van der Waals surface area (Å²) in [5, 5.41) is 3.96. The van der Waals surface area contributed by atoms with Gasteiger partial charge in [0.15, 0.2) is 0 Å². The number of para-hydroxylation sites is 1. The van der Waals surface area contributed by atoms with Gasteiger partial charge in [-0.15, -0.1) is 0 Å². The molecule has 1 aliphatic rings. The molecule has 0 aliphatic heterocycles. The summed E-state index contributed by atoms with van der Waals surface area (Å²) in [7, 11) is -3.55. The zero-order valence-electron chi connectivity index (χ0n) is 23.0. The summed E-state index contributed by atoms with van der Waals surface area (Å²) in [6.45, 7) is 4.10. The molecule has 39 heavy (non-hydrogen) atoms. The highest BCUT2D eigenvalue weighted by Gasteiger charge is 2.30. The number of amides is 2. The zero-order valence-corrected chi connectivity index (χ0v) is 25.3. The molecule has 2 amide bonds. The molecule has 0 radical (unpaired) electrons. The van der Waals surface area contributed by atoms with Gasteiger partial charge in [-0.3, -0.25) is 13.9 Å². The van der Waals surface area contributed by atoms with Gasteiger partial charge in [-0.2, -0.15) is 0 Å². The molecule has 7 nitrogen and oxygen atoms in total. The Kier molecular flexibility index (Phi) is 11.5. The average Bonchev–Trinajstić information content (AvgIpc) is 2.89. The van der Waals surface area contributed by atoms with E-state index in [0.29, 0.717) is 28.6 Å². The maximum atomic E-state index is 13.6. The normalized spacial score (nSPS) is 15.0. The molecule has 2 aromatic rings. The first-order chi connectivity index (χ1) is 18.5. The van der Waals surface area contributed by atoms with Gasteiger partial charge in [0.1, 0.15) is 6.04 Å². The first kappa shape index (κ1) is 31.2. The molecule has 0 spiro atoms. The summed E-state index contributed by atoms with van der Waals surface area (Å²) in [4.78, 5) is 28.6. The largest absolute Gasteiger partial charge is 0.352 e. The summed E-state index contributed by atoms with van der Waals surface area (Å²) in [6, 6.07) is 11.9. The van der Waals surface area contributed by atoms with Gasteiger partial charge in [-0.05, 0) is 61.9 Å². The van der Waals surface area contributed by atoms with E-state index in [0.717, 1.165) is 36.8 Å². The molecule has 0 aromatic heterocycles. The fourth-order valence-electron chi connectivity index (χ4n) is 5.12. The fraction of sp³-hybridized carbons (Fsp3) is 0.517. The monoisotopic (exact) mass is 595 g/mol. The number of aryl methyl sites for hydroxylation is 1. The SMILES string of the molecule is CCC(C(=O)NC1CCCCC1)N(Cc1ccc(Cl)c(Cl)c1)C(=O)CCCN(c1ccccc1C)S(C)(=O)=O. The van der Waals surface area contributed by atoms with Gasteiger partial charge in [0.2, 0.25) is 21.8 Å². The third kappa shape index (κ3) is 8.85. The van der Waals surface area contributed by atoms with E-state index >= 15 is 0 Å². The van der Waals surface area contributed by atoms with Crippen LogP contribution in [0.5, 0.6) is 0 Å². The predicted molar refractivity (Wildman–Crippen MR) is 159 cm³/mol. The molecular formula is C29H39Cl2N3O4S. The summed E-state index contributed by atoms with van der Waals surface area (Å²) in [6.07, 6.45) is 7.26. The number of sulfonamides is 1. The van der Waals surface area contributed by atoms with Crippen LogP contribution in [-0.2, 0) is 26.2 Å². The van der Waals surface area contributed by atoms with Crippen LogP contribution in [0.15, 0.2) is 42.5 Å². The Morgan fingerprint density at radius 1 is 1.05 bits per heavy atom. The molecule has 10 heteroatoms. The second-order valence-corrected chi connectivity index (χ2v) is 13.0. The second-order valence-electron chi connectivity index (χ2n) is 10.3. The minimum absolute atomic E-state index is 0.0897. The molecule has 0 saturated heterocycles. The highest BCUT2D eigenvalue weighted by molar-refractivity contribution is 7.92. The molecule has 1 unspecified atom stereocenters. The topological polar surface area (TPSA) is 86.8 Å². The van der Waals surface area contributed by atoms with E-state index in [2.05, 4.69) is 5.32 Å². The van der Waals surface area contributed by atoms with Crippen LogP contribution in [0.3, 0.4) is 0 Å². The Morgan fingerprint density at radius 3 is 2.36 bits per heavy atom. The summed E-state index contributed by atoms with van der Waals surface area (Å²) >= 11 is 12.3. The molecule has 1 N–H and O–H groups in total. The third-order valence-corrected chi connectivity index (χ3v) is 9.13. The Hall–Kier alpha value is -2.29. The molecule has 0 heterocycles. The zero-order chi connectivity index (χ0) is 28.6. The van der Waals surface area contributed by atoms with Gasteiger partial charge in [-0.25, -0.2) is 8.42 Å². The third-order valence-electron chi connectivity index (χ3n) is 7.21. The van der Waals surface area contributed by atoms with E-state index < -0.39 is 16.1 Å². The van der Waals surface area contributed by atoms with Crippen molar-refractivity contribution >= 4 is 50.7 Å². The number of hydrogen-bond donors (Lipinski definition) is 1. The molecule has 1 saturated carbocycles. The molecule has 1 aliphatic carbocycles. The maximum absolute atomic E-state index is 13.6. The highest BCUT2D eigenvalue weighted by Crippen LogP contribution is 2.26. The predicted octanol–water partition coefficient (Wildman–Crippen LogP) is 6.10. The lowest BCUT2D eigenvalue weighted by Crippen LogP contribution is -2.51. The summed E-state index contributed by atoms with van der Waals surface area (Å²) < 4.78 is 26.5. The van der Waals surface area contributed by atoms with Crippen LogP contribution >= 0.6 is 23.2 Å². The Balaban J connectivity index is 1.78. The lowest BCUT2D eigenvalue weighted by atomic mass is 9.95. The van der Waals surface area contributed by atoms with E-state index in [-0.39, 0.29) is 37.4 Å². The smallest absolute Gasteiger partial charge is 0.243 e. The molecule has 0 bridgehead atoms. The maximum Gasteiger partial charge on any atom is 0.243 e. The van der Waals surface area contributed by atoms with Crippen molar-refractivity contribution in [1.82, 2.24) is 10.2 Å². The van der Waals surface area contributed by atoms with Crippen molar-refractivity contribution in [3.05, 3.63) is 63.6 Å². The average molecular weight is 597 g/mol. The summed E-state index contributed by atoms with van der Waals surface area (Å²) in [5.41, 5.74) is 2.19. The molecule has 3 rings (SSSR count). The number of carbonyl (C=O) groups excluding carboxylic acids is 2. The first-order valence-corrected chi connectivity index (χ1v) is 16.2. The van der Waals surface area contributed by atoms with Crippen LogP contribution in [0, 0.1) is 6.92 Å². The van der Waals surface area contributed by atoms with Crippen LogP contribution in [0.25, 0.3) is 0 Å². The minimum atomic E-state index is -3.55. The molecule has 2 aromatic carbocycles. The van der Waals surface area contributed by atoms with Gasteiger partial charge in [0.05, 0.1) is 22.0 Å². The number of anilines is 1. The van der Waals surface area contributed by atoms with E-state index in [1.807, 2.05) is 26.0 Å². The van der Waals surface area contributed by atoms with Crippen LogP contribution in [-0.4, -0.2) is 50.0 Å². The van der Waals surface area contributed by atoms with Crippen LogP contribution in [0.1, 0.15) is 69.4 Å². The number of nitrogens with zero attached hydrogens (tertiary/aromatic N) is 2. The van der Waals surface area contributed by atoms with Crippen LogP contribution < -0.4 is 9.62 Å². The van der Waals surface area contributed by atoms with E-state index in [1.165, 1.54) is 17.0 Å². The number of rotatable bonds is 12. The number of nitrogens with one attached hydrogen (secondary N) is 1. The summed E-state index contributed by atoms with van der Waals surface area (Å²) in [5.74, 6) is -0.375. The van der Waals surface area contributed by atoms with Crippen molar-refractivity contribution < 1.29 is 18.0 Å². The van der Waals surface area contributed by atoms with Crippen molar-refractivity contribution in [3.8, 4) is 0 Å². The lowest BCUT2D eigenvalue weighted by Gasteiger charge is -2.33. The van der Waals surface area contributed by atoms with Gasteiger partial charge in [-0.1, -0.05) is 73.7 Å². The van der Waals surface area contributed by atoms with Crippen molar-refractivity contribution in [3.63, 3.8) is 0 Å². The van der Waals surface area contributed by atoms with Gasteiger partial charge in [0, 0.05) is 25.6 Å². The fourth-order valence-corrected chi connectivity index (χ4v) is 6.47. The Labute approximate surface area is 242 Å². The number of carbonyl (C=O) groups is 2. The van der Waals surface area contributed by atoms with E-state index in [9.17, 15) is 18.0 Å².